The van der Waals surface area contributed by atoms with Crippen LogP contribution in [0.5, 0.6) is 11.5 Å². The van der Waals surface area contributed by atoms with Crippen LogP contribution in [-0.2, 0) is 9.59 Å². The minimum Gasteiger partial charge on any atom is -0.494 e. The number of benzene rings is 2. The summed E-state index contributed by atoms with van der Waals surface area (Å²) < 4.78 is 11.2. The molecule has 0 spiro atoms. The number of carbonyl (C=O) groups excluding carboxylic acids is 2. The van der Waals surface area contributed by atoms with Crippen LogP contribution in [0.2, 0.25) is 0 Å². The van der Waals surface area contributed by atoms with Gasteiger partial charge in [-0.05, 0) is 57.2 Å². The van der Waals surface area contributed by atoms with Crippen LogP contribution >= 0.6 is 0 Å². The molecular weight excluding hydrogens is 356 g/mol. The largest absolute Gasteiger partial charge is 0.494 e. The lowest BCUT2D eigenvalue weighted by molar-refractivity contribution is -0.122. The molecule has 1 N–H and O–H groups in total. The zero-order valence-corrected chi connectivity index (χ0v) is 16.5. The van der Waals surface area contributed by atoms with Crippen LogP contribution in [0.25, 0.3) is 0 Å². The summed E-state index contributed by atoms with van der Waals surface area (Å²) in [5, 5.41) is 2.91. The lowest BCUT2D eigenvalue weighted by Gasteiger charge is -2.18. The summed E-state index contributed by atoms with van der Waals surface area (Å²) in [5.74, 6) is 0.733. The molecule has 2 aromatic rings. The standard InChI is InChI=1S/C22H26N2O4/c1-4-27-18-11-9-17(10-12-18)24-14-16(13-21(24)25)22(26)23-19-7-5-6-8-20(19)28-15(2)3/h5-12,15-16H,4,13-14H2,1-3H3,(H,23,26). The van der Waals surface area contributed by atoms with Crippen LogP contribution in [0.1, 0.15) is 27.2 Å². The maximum absolute atomic E-state index is 12.7. The summed E-state index contributed by atoms with van der Waals surface area (Å²) in [6.07, 6.45) is 0.188. The normalized spacial score (nSPS) is 16.4. The molecule has 1 aliphatic rings. The molecule has 0 aromatic heterocycles. The molecule has 1 unspecified atom stereocenters. The number of nitrogens with zero attached hydrogens (tertiary/aromatic N) is 1. The average Bonchev–Trinajstić information content (AvgIpc) is 3.06. The Labute approximate surface area is 165 Å². The van der Waals surface area contributed by atoms with Crippen LogP contribution in [-0.4, -0.2) is 31.1 Å². The van der Waals surface area contributed by atoms with Crippen LogP contribution < -0.4 is 19.7 Å². The van der Waals surface area contributed by atoms with Crippen molar-refractivity contribution in [2.24, 2.45) is 5.92 Å². The summed E-state index contributed by atoms with van der Waals surface area (Å²) >= 11 is 0. The van der Waals surface area contributed by atoms with E-state index >= 15 is 0 Å². The second kappa shape index (κ2) is 8.78. The molecule has 0 radical (unpaired) electrons. The van der Waals surface area contributed by atoms with Crippen molar-refractivity contribution in [3.63, 3.8) is 0 Å². The molecule has 0 saturated carbocycles. The van der Waals surface area contributed by atoms with Crippen LogP contribution in [0.4, 0.5) is 11.4 Å². The Kier molecular flexibility index (Phi) is 6.19. The molecule has 28 heavy (non-hydrogen) atoms. The number of anilines is 2. The Hall–Kier alpha value is -3.02. The highest BCUT2D eigenvalue weighted by atomic mass is 16.5. The number of nitrogens with one attached hydrogen (secondary N) is 1. The van der Waals surface area contributed by atoms with Gasteiger partial charge in [0.15, 0.2) is 0 Å². The molecule has 148 valence electrons. The SMILES string of the molecule is CCOc1ccc(N2CC(C(=O)Nc3ccccc3OC(C)C)CC2=O)cc1. The second-order valence-corrected chi connectivity index (χ2v) is 6.98. The second-order valence-electron chi connectivity index (χ2n) is 6.98. The third kappa shape index (κ3) is 4.63. The third-order valence-corrected chi connectivity index (χ3v) is 4.46. The predicted molar refractivity (Wildman–Crippen MR) is 109 cm³/mol. The molecule has 2 amide bonds. The maximum Gasteiger partial charge on any atom is 0.229 e. The molecular formula is C22H26N2O4. The Bertz CT molecular complexity index is 833. The van der Waals surface area contributed by atoms with Crippen molar-refractivity contribution in [1.29, 1.82) is 0 Å². The molecule has 1 heterocycles. The van der Waals surface area contributed by atoms with Crippen LogP contribution in [0, 0.1) is 5.92 Å². The molecule has 0 aliphatic carbocycles. The molecule has 1 saturated heterocycles. The monoisotopic (exact) mass is 382 g/mol. The highest BCUT2D eigenvalue weighted by molar-refractivity contribution is 6.03. The first-order chi connectivity index (χ1) is 13.5. The van der Waals surface area contributed by atoms with E-state index in [4.69, 9.17) is 9.47 Å². The van der Waals surface area contributed by atoms with Crippen molar-refractivity contribution in [2.75, 3.05) is 23.4 Å². The topological polar surface area (TPSA) is 67.9 Å². The van der Waals surface area contributed by atoms with E-state index in [1.165, 1.54) is 0 Å². The number of ether oxygens (including phenoxy) is 2. The van der Waals surface area contributed by atoms with Crippen molar-refractivity contribution in [2.45, 2.75) is 33.3 Å². The summed E-state index contributed by atoms with van der Waals surface area (Å²) in [4.78, 5) is 26.9. The van der Waals surface area contributed by atoms with Crippen molar-refractivity contribution in [1.82, 2.24) is 0 Å². The Morgan fingerprint density at radius 3 is 2.57 bits per heavy atom. The molecule has 2 aromatic carbocycles. The molecule has 3 rings (SSSR count). The number of amides is 2. The number of rotatable bonds is 7. The highest BCUT2D eigenvalue weighted by Gasteiger charge is 2.35. The van der Waals surface area contributed by atoms with E-state index in [-0.39, 0.29) is 24.3 Å². The minimum atomic E-state index is -0.411. The summed E-state index contributed by atoms with van der Waals surface area (Å²) in [5.41, 5.74) is 1.39. The molecule has 1 atom stereocenters. The first kappa shape index (κ1) is 19.7. The van der Waals surface area contributed by atoms with Crippen LogP contribution in [0.15, 0.2) is 48.5 Å². The van der Waals surface area contributed by atoms with Gasteiger partial charge in [-0.1, -0.05) is 12.1 Å². The summed E-state index contributed by atoms with van der Waals surface area (Å²) in [6.45, 7) is 6.73. The van der Waals surface area contributed by atoms with E-state index in [9.17, 15) is 9.59 Å². The van der Waals surface area contributed by atoms with Gasteiger partial charge in [-0.2, -0.15) is 0 Å². The van der Waals surface area contributed by atoms with Gasteiger partial charge >= 0.3 is 0 Å². The Morgan fingerprint density at radius 2 is 1.89 bits per heavy atom. The van der Waals surface area contributed by atoms with E-state index in [1.54, 1.807) is 11.0 Å². The van der Waals surface area contributed by atoms with Gasteiger partial charge < -0.3 is 19.7 Å². The zero-order chi connectivity index (χ0) is 20.1. The van der Waals surface area contributed by atoms with E-state index < -0.39 is 5.92 Å². The highest BCUT2D eigenvalue weighted by Crippen LogP contribution is 2.30. The lowest BCUT2D eigenvalue weighted by atomic mass is 10.1. The smallest absolute Gasteiger partial charge is 0.229 e. The van der Waals surface area contributed by atoms with Gasteiger partial charge in [0.25, 0.3) is 0 Å². The third-order valence-electron chi connectivity index (χ3n) is 4.46. The fourth-order valence-electron chi connectivity index (χ4n) is 3.18. The quantitative estimate of drug-likeness (QED) is 0.789. The average molecular weight is 382 g/mol. The summed E-state index contributed by atoms with van der Waals surface area (Å²) in [7, 11) is 0. The fourth-order valence-corrected chi connectivity index (χ4v) is 3.18. The predicted octanol–water partition coefficient (Wildman–Crippen LogP) is 3.86. The zero-order valence-electron chi connectivity index (χ0n) is 16.5. The van der Waals surface area contributed by atoms with Gasteiger partial charge in [0.2, 0.25) is 11.8 Å². The first-order valence-corrected chi connectivity index (χ1v) is 9.57. The number of hydrogen-bond acceptors (Lipinski definition) is 4. The van der Waals surface area contributed by atoms with E-state index in [2.05, 4.69) is 5.32 Å². The Balaban J connectivity index is 1.67. The van der Waals surface area contributed by atoms with E-state index in [1.807, 2.05) is 63.2 Å². The number of hydrogen-bond donors (Lipinski definition) is 1. The van der Waals surface area contributed by atoms with Gasteiger partial charge in [-0.25, -0.2) is 0 Å². The number of carbonyl (C=O) groups is 2. The molecule has 1 aliphatic heterocycles. The maximum atomic E-state index is 12.7. The molecule has 6 heteroatoms. The minimum absolute atomic E-state index is 0.00117. The van der Waals surface area contributed by atoms with Gasteiger partial charge in [0, 0.05) is 18.7 Å². The number of para-hydroxylation sites is 2. The van der Waals surface area contributed by atoms with E-state index in [0.717, 1.165) is 11.4 Å². The van der Waals surface area contributed by atoms with Gasteiger partial charge in [-0.3, -0.25) is 9.59 Å². The van der Waals surface area contributed by atoms with Crippen molar-refractivity contribution < 1.29 is 19.1 Å². The lowest BCUT2D eigenvalue weighted by Crippen LogP contribution is -2.28. The van der Waals surface area contributed by atoms with Crippen molar-refractivity contribution in [3.05, 3.63) is 48.5 Å². The van der Waals surface area contributed by atoms with Gasteiger partial charge in [0.1, 0.15) is 11.5 Å². The van der Waals surface area contributed by atoms with E-state index in [0.29, 0.717) is 24.6 Å². The van der Waals surface area contributed by atoms with Crippen LogP contribution in [0.3, 0.4) is 0 Å². The fraction of sp³-hybridized carbons (Fsp3) is 0.364. The Morgan fingerprint density at radius 1 is 1.18 bits per heavy atom. The molecule has 1 fully saturated rings. The van der Waals surface area contributed by atoms with Gasteiger partial charge in [-0.15, -0.1) is 0 Å². The first-order valence-electron chi connectivity index (χ1n) is 9.57. The summed E-state index contributed by atoms with van der Waals surface area (Å²) in [6, 6.07) is 14.7. The molecule has 6 nitrogen and oxygen atoms in total. The van der Waals surface area contributed by atoms with Crippen molar-refractivity contribution >= 4 is 23.2 Å². The van der Waals surface area contributed by atoms with Crippen molar-refractivity contribution in [3.8, 4) is 11.5 Å². The molecule has 0 bridgehead atoms. The van der Waals surface area contributed by atoms with Gasteiger partial charge in [0.05, 0.1) is 24.3 Å².